The van der Waals surface area contributed by atoms with Crippen LogP contribution in [0.2, 0.25) is 0 Å². The topological polar surface area (TPSA) is 118 Å². The van der Waals surface area contributed by atoms with E-state index in [-0.39, 0.29) is 23.1 Å². The number of nitrogens with one attached hydrogen (secondary N) is 2. The molecule has 3 amide bonds. The minimum absolute atomic E-state index is 0.278. The summed E-state index contributed by atoms with van der Waals surface area (Å²) in [6.07, 6.45) is 0. The molecule has 7 rings (SSSR count). The van der Waals surface area contributed by atoms with Crippen molar-refractivity contribution in [2.75, 3.05) is 23.9 Å². The Balaban J connectivity index is 1.16. The Morgan fingerprint density at radius 2 is 1.73 bits per heavy atom. The van der Waals surface area contributed by atoms with E-state index < -0.39 is 34.7 Å². The highest BCUT2D eigenvalue weighted by Crippen LogP contribution is 2.53. The van der Waals surface area contributed by atoms with Crippen molar-refractivity contribution in [1.82, 2.24) is 4.98 Å². The van der Waals surface area contributed by atoms with Crippen LogP contribution in [0.5, 0.6) is 11.5 Å². The van der Waals surface area contributed by atoms with Crippen LogP contribution in [0, 0.1) is 11.7 Å². The van der Waals surface area contributed by atoms with E-state index >= 15 is 0 Å². The highest BCUT2D eigenvalue weighted by atomic mass is 32.2. The number of hydrogen-bond acceptors (Lipinski definition) is 8. The number of anilines is 2. The zero-order valence-electron chi connectivity index (χ0n) is 23.6. The van der Waals surface area contributed by atoms with Crippen molar-refractivity contribution < 1.29 is 28.2 Å². The molecule has 226 valence electrons. The molecule has 2 N–H and O–H groups in total. The number of carbonyl (C=O) groups excluding carboxylic acids is 3. The summed E-state index contributed by atoms with van der Waals surface area (Å²) in [5.41, 5.74) is 1.58. The SMILES string of the molecule is COc1cc(C2c3sc(=O)[nH]c3SC3C(=O)N(c4ccc(F)cc4)C(=O)C32)ccc1OCC(=O)Nc1cccc2ccccc12. The third-order valence-corrected chi connectivity index (χ3v) is 10.3. The number of imide groups is 1. The molecule has 2 aliphatic rings. The molecular formula is C33H24FN3O6S2. The molecule has 3 atom stereocenters. The number of amides is 3. The van der Waals surface area contributed by atoms with Crippen LogP contribution in [0.15, 0.2) is 94.7 Å². The molecule has 1 fully saturated rings. The number of H-pyrrole nitrogens is 1. The lowest BCUT2D eigenvalue weighted by Crippen LogP contribution is -2.32. The second-order valence-corrected chi connectivity index (χ2v) is 12.7. The van der Waals surface area contributed by atoms with Crippen molar-refractivity contribution in [3.05, 3.63) is 111 Å². The summed E-state index contributed by atoms with van der Waals surface area (Å²) < 4.78 is 25.1. The van der Waals surface area contributed by atoms with Crippen LogP contribution in [0.4, 0.5) is 15.8 Å². The van der Waals surface area contributed by atoms with Gasteiger partial charge in [-0.25, -0.2) is 9.29 Å². The highest BCUT2D eigenvalue weighted by molar-refractivity contribution is 8.00. The molecule has 2 aliphatic heterocycles. The van der Waals surface area contributed by atoms with Crippen molar-refractivity contribution >= 4 is 63.0 Å². The molecule has 0 radical (unpaired) electrons. The molecule has 4 aromatic carbocycles. The van der Waals surface area contributed by atoms with Gasteiger partial charge < -0.3 is 19.8 Å². The summed E-state index contributed by atoms with van der Waals surface area (Å²) in [5, 5.41) is 4.52. The first-order valence-electron chi connectivity index (χ1n) is 13.9. The Hall–Kier alpha value is -4.94. The summed E-state index contributed by atoms with van der Waals surface area (Å²) in [6, 6.07) is 23.6. The number of thiazole rings is 1. The first kappa shape index (κ1) is 28.8. The van der Waals surface area contributed by atoms with Gasteiger partial charge in [-0.15, -0.1) is 0 Å². The van der Waals surface area contributed by atoms with Crippen molar-refractivity contribution in [3.63, 3.8) is 0 Å². The third kappa shape index (κ3) is 5.15. The molecule has 5 aromatic rings. The van der Waals surface area contributed by atoms with Gasteiger partial charge in [-0.3, -0.25) is 19.2 Å². The largest absolute Gasteiger partial charge is 0.493 e. The lowest BCUT2D eigenvalue weighted by atomic mass is 9.83. The third-order valence-electron chi connectivity index (χ3n) is 7.88. The highest BCUT2D eigenvalue weighted by Gasteiger charge is 2.56. The molecule has 3 unspecified atom stereocenters. The van der Waals surface area contributed by atoms with Crippen molar-refractivity contribution in [2.24, 2.45) is 5.92 Å². The zero-order chi connectivity index (χ0) is 31.2. The number of halogens is 1. The Kier molecular flexibility index (Phi) is 7.38. The second kappa shape index (κ2) is 11.5. The van der Waals surface area contributed by atoms with Crippen LogP contribution in [0.1, 0.15) is 16.4 Å². The van der Waals surface area contributed by atoms with Crippen LogP contribution < -0.4 is 24.6 Å². The van der Waals surface area contributed by atoms with Gasteiger partial charge in [0.15, 0.2) is 18.1 Å². The Morgan fingerprint density at radius 1 is 0.956 bits per heavy atom. The predicted octanol–water partition coefficient (Wildman–Crippen LogP) is 5.55. The maximum Gasteiger partial charge on any atom is 0.305 e. The average molecular weight is 642 g/mol. The van der Waals surface area contributed by atoms with Crippen LogP contribution in [-0.2, 0) is 14.4 Å². The van der Waals surface area contributed by atoms with Gasteiger partial charge >= 0.3 is 4.87 Å². The molecule has 0 bridgehead atoms. The molecule has 9 nitrogen and oxygen atoms in total. The first-order chi connectivity index (χ1) is 21.8. The fourth-order valence-electron chi connectivity index (χ4n) is 5.88. The standard InChI is InChI=1S/C33H24FN3O6S2/c1-42-24-15-18(9-14-23(24)43-16-25(38)35-22-8-4-6-17-5-2-3-7-21(17)22)26-27-29(44-30-28(26)45-33(41)36-30)32(40)37(31(27)39)20-12-10-19(34)11-13-20/h2-15,26-27,29H,16H2,1H3,(H,35,38)(H,36,41). The Morgan fingerprint density at radius 3 is 2.53 bits per heavy atom. The van der Waals surface area contributed by atoms with Gasteiger partial charge in [0, 0.05) is 21.9 Å². The van der Waals surface area contributed by atoms with Gasteiger partial charge in [0.2, 0.25) is 11.8 Å². The Bertz CT molecular complexity index is 2040. The average Bonchev–Trinajstić information content (AvgIpc) is 3.54. The maximum absolute atomic E-state index is 13.9. The lowest BCUT2D eigenvalue weighted by molar-refractivity contribution is -0.122. The molecule has 1 aromatic heterocycles. The van der Waals surface area contributed by atoms with E-state index in [2.05, 4.69) is 10.3 Å². The summed E-state index contributed by atoms with van der Waals surface area (Å²) in [4.78, 5) is 56.9. The number of rotatable bonds is 7. The van der Waals surface area contributed by atoms with Gasteiger partial charge in [0.1, 0.15) is 11.1 Å². The number of carbonyl (C=O) groups is 3. The van der Waals surface area contributed by atoms with Crippen LogP contribution >= 0.6 is 23.1 Å². The van der Waals surface area contributed by atoms with E-state index in [1.165, 1.54) is 31.4 Å². The number of fused-ring (bicyclic) bond motifs is 3. The number of thioether (sulfide) groups is 1. The zero-order valence-corrected chi connectivity index (χ0v) is 25.2. The molecule has 3 heterocycles. The molecule has 12 heteroatoms. The molecule has 0 aliphatic carbocycles. The number of nitrogens with zero attached hydrogens (tertiary/aromatic N) is 1. The number of aromatic nitrogens is 1. The number of benzene rings is 4. The van der Waals surface area contributed by atoms with E-state index in [9.17, 15) is 23.6 Å². The maximum atomic E-state index is 13.9. The van der Waals surface area contributed by atoms with E-state index in [4.69, 9.17) is 9.47 Å². The number of ether oxygens (including phenoxy) is 2. The molecule has 1 saturated heterocycles. The van der Waals surface area contributed by atoms with E-state index in [1.807, 2.05) is 42.5 Å². The molecular weight excluding hydrogens is 618 g/mol. The smallest absolute Gasteiger partial charge is 0.305 e. The predicted molar refractivity (Wildman–Crippen MR) is 170 cm³/mol. The minimum atomic E-state index is -0.825. The van der Waals surface area contributed by atoms with E-state index in [0.717, 1.165) is 38.8 Å². The first-order valence-corrected chi connectivity index (χ1v) is 15.6. The van der Waals surface area contributed by atoms with Gasteiger partial charge in [-0.2, -0.15) is 0 Å². The van der Waals surface area contributed by atoms with E-state index in [0.29, 0.717) is 32.7 Å². The van der Waals surface area contributed by atoms with Crippen LogP contribution in [0.25, 0.3) is 10.8 Å². The van der Waals surface area contributed by atoms with E-state index in [1.54, 1.807) is 18.2 Å². The fraction of sp³-hybridized carbons (Fsp3) is 0.152. The summed E-state index contributed by atoms with van der Waals surface area (Å²) in [6.45, 7) is -0.285. The van der Waals surface area contributed by atoms with Gasteiger partial charge in [0.05, 0.1) is 23.7 Å². The monoisotopic (exact) mass is 641 g/mol. The second-order valence-electron chi connectivity index (χ2n) is 10.5. The Labute approximate surface area is 264 Å². The lowest BCUT2D eigenvalue weighted by Gasteiger charge is -2.30. The van der Waals surface area contributed by atoms with Crippen molar-refractivity contribution in [1.29, 1.82) is 0 Å². The van der Waals surface area contributed by atoms with Gasteiger partial charge in [-0.05, 0) is 53.4 Å². The van der Waals surface area contributed by atoms with Crippen LogP contribution in [-0.4, -0.2) is 41.7 Å². The molecule has 45 heavy (non-hydrogen) atoms. The number of aromatic amines is 1. The van der Waals surface area contributed by atoms with Gasteiger partial charge in [-0.1, -0.05) is 65.6 Å². The summed E-state index contributed by atoms with van der Waals surface area (Å²) in [7, 11) is 1.46. The fourth-order valence-corrected chi connectivity index (χ4v) is 8.40. The van der Waals surface area contributed by atoms with Crippen molar-refractivity contribution in [3.8, 4) is 11.5 Å². The summed E-state index contributed by atoms with van der Waals surface area (Å²) >= 11 is 2.14. The minimum Gasteiger partial charge on any atom is -0.493 e. The van der Waals surface area contributed by atoms with Crippen LogP contribution in [0.3, 0.4) is 0 Å². The quantitative estimate of drug-likeness (QED) is 0.224. The van der Waals surface area contributed by atoms with Gasteiger partial charge in [0.25, 0.3) is 5.91 Å². The van der Waals surface area contributed by atoms with Crippen molar-refractivity contribution in [2.45, 2.75) is 16.2 Å². The number of hydrogen-bond donors (Lipinski definition) is 2. The normalized spacial score (nSPS) is 18.9. The molecule has 0 saturated carbocycles. The molecule has 0 spiro atoms. The number of methoxy groups -OCH3 is 1. The summed E-state index contributed by atoms with van der Waals surface area (Å²) in [5.74, 6) is -2.57.